The van der Waals surface area contributed by atoms with Crippen molar-refractivity contribution in [2.24, 2.45) is 0 Å². The maximum absolute atomic E-state index is 11.7. The standard InChI is InChI=1S/C15H25NO4/c1-12(2)13(17)19-11-7-10-16-14(18)20-15(3)8-5-4-6-9-15/h1,4-11H2,2-3H3,(H,16,18). The fraction of sp³-hybridized carbons (Fsp3) is 0.733. The third-order valence-corrected chi connectivity index (χ3v) is 3.42. The molecule has 0 aromatic carbocycles. The van der Waals surface area contributed by atoms with E-state index >= 15 is 0 Å². The van der Waals surface area contributed by atoms with Crippen LogP contribution in [-0.2, 0) is 14.3 Å². The SMILES string of the molecule is C=C(C)C(=O)OCCCNC(=O)OC1(C)CCCCC1. The highest BCUT2D eigenvalue weighted by Gasteiger charge is 2.30. The van der Waals surface area contributed by atoms with Crippen LogP contribution in [0.25, 0.3) is 0 Å². The second-order valence-corrected chi connectivity index (χ2v) is 5.60. The first kappa shape index (κ1) is 16.5. The number of ether oxygens (including phenoxy) is 2. The van der Waals surface area contributed by atoms with Gasteiger partial charge >= 0.3 is 12.1 Å². The zero-order valence-corrected chi connectivity index (χ0v) is 12.5. The second kappa shape index (κ2) is 7.92. The van der Waals surface area contributed by atoms with Crippen LogP contribution in [0.2, 0.25) is 0 Å². The quantitative estimate of drug-likeness (QED) is 0.462. The number of rotatable bonds is 6. The topological polar surface area (TPSA) is 64.6 Å². The van der Waals surface area contributed by atoms with Crippen LogP contribution in [0.5, 0.6) is 0 Å². The molecule has 0 saturated heterocycles. The molecule has 0 heterocycles. The predicted molar refractivity (Wildman–Crippen MR) is 76.4 cm³/mol. The van der Waals surface area contributed by atoms with Crippen LogP contribution in [0.3, 0.4) is 0 Å². The van der Waals surface area contributed by atoms with Gasteiger partial charge in [-0.2, -0.15) is 0 Å². The van der Waals surface area contributed by atoms with Gasteiger partial charge in [-0.3, -0.25) is 0 Å². The molecular weight excluding hydrogens is 258 g/mol. The summed E-state index contributed by atoms with van der Waals surface area (Å²) in [4.78, 5) is 22.8. The summed E-state index contributed by atoms with van der Waals surface area (Å²) in [5, 5.41) is 2.68. The van der Waals surface area contributed by atoms with Gasteiger partial charge in [-0.05, 0) is 46.0 Å². The van der Waals surface area contributed by atoms with Gasteiger partial charge in [0.25, 0.3) is 0 Å². The van der Waals surface area contributed by atoms with Gasteiger partial charge in [0.1, 0.15) is 5.60 Å². The maximum atomic E-state index is 11.7. The lowest BCUT2D eigenvalue weighted by Crippen LogP contribution is -2.38. The Hall–Kier alpha value is -1.52. The number of hydrogen-bond donors (Lipinski definition) is 1. The highest BCUT2D eigenvalue weighted by atomic mass is 16.6. The van der Waals surface area contributed by atoms with Crippen LogP contribution in [0, 0.1) is 0 Å². The molecule has 0 aromatic heterocycles. The van der Waals surface area contributed by atoms with Crippen LogP contribution in [0.4, 0.5) is 4.79 Å². The molecule has 114 valence electrons. The van der Waals surface area contributed by atoms with Crippen molar-refractivity contribution in [1.29, 1.82) is 0 Å². The first-order valence-corrected chi connectivity index (χ1v) is 7.22. The molecule has 1 rings (SSSR count). The zero-order chi connectivity index (χ0) is 15.0. The molecule has 1 N–H and O–H groups in total. The molecular formula is C15H25NO4. The molecule has 1 aliphatic carbocycles. The summed E-state index contributed by atoms with van der Waals surface area (Å²) in [5.74, 6) is -0.401. The number of amides is 1. The molecule has 5 nitrogen and oxygen atoms in total. The summed E-state index contributed by atoms with van der Waals surface area (Å²) >= 11 is 0. The Kier molecular flexibility index (Phi) is 6.55. The maximum Gasteiger partial charge on any atom is 0.407 e. The first-order chi connectivity index (χ1) is 9.43. The molecule has 0 aliphatic heterocycles. The molecule has 0 radical (unpaired) electrons. The van der Waals surface area contributed by atoms with Gasteiger partial charge in [0.2, 0.25) is 0 Å². The minimum Gasteiger partial charge on any atom is -0.462 e. The minimum atomic E-state index is -0.401. The fourth-order valence-electron chi connectivity index (χ4n) is 2.21. The Bertz CT molecular complexity index is 359. The highest BCUT2D eigenvalue weighted by Crippen LogP contribution is 2.30. The lowest BCUT2D eigenvalue weighted by atomic mass is 9.86. The highest BCUT2D eigenvalue weighted by molar-refractivity contribution is 5.86. The fourth-order valence-corrected chi connectivity index (χ4v) is 2.21. The molecule has 0 aromatic rings. The third-order valence-electron chi connectivity index (χ3n) is 3.42. The van der Waals surface area contributed by atoms with Gasteiger partial charge in [-0.15, -0.1) is 0 Å². The van der Waals surface area contributed by atoms with Crippen LogP contribution in [-0.4, -0.2) is 30.8 Å². The van der Waals surface area contributed by atoms with Crippen molar-refractivity contribution in [3.8, 4) is 0 Å². The summed E-state index contributed by atoms with van der Waals surface area (Å²) in [6, 6.07) is 0. The summed E-state index contributed by atoms with van der Waals surface area (Å²) in [7, 11) is 0. The summed E-state index contributed by atoms with van der Waals surface area (Å²) in [6.07, 6.45) is 5.47. The summed E-state index contributed by atoms with van der Waals surface area (Å²) < 4.78 is 10.4. The molecule has 1 aliphatic rings. The predicted octanol–water partition coefficient (Wildman–Crippen LogP) is 2.94. The van der Waals surface area contributed by atoms with Crippen molar-refractivity contribution in [2.45, 2.75) is 58.0 Å². The molecule has 1 saturated carbocycles. The second-order valence-electron chi connectivity index (χ2n) is 5.60. The molecule has 1 fully saturated rings. The Balaban J connectivity index is 2.11. The minimum absolute atomic E-state index is 0.267. The number of nitrogens with one attached hydrogen (secondary N) is 1. The third kappa shape index (κ3) is 6.08. The van der Waals surface area contributed by atoms with Crippen LogP contribution >= 0.6 is 0 Å². The molecule has 20 heavy (non-hydrogen) atoms. The van der Waals surface area contributed by atoms with Crippen molar-refractivity contribution in [3.63, 3.8) is 0 Å². The monoisotopic (exact) mass is 283 g/mol. The van der Waals surface area contributed by atoms with Gasteiger partial charge in [0, 0.05) is 12.1 Å². The van der Waals surface area contributed by atoms with E-state index in [1.54, 1.807) is 6.92 Å². The Labute approximate surface area is 120 Å². The molecule has 5 heteroatoms. The summed E-state index contributed by atoms with van der Waals surface area (Å²) in [6.45, 7) is 7.77. The number of esters is 1. The number of carbonyl (C=O) groups is 2. The Morgan fingerprint density at radius 3 is 2.50 bits per heavy atom. The molecule has 0 spiro atoms. The first-order valence-electron chi connectivity index (χ1n) is 7.22. The Morgan fingerprint density at radius 1 is 1.25 bits per heavy atom. The van der Waals surface area contributed by atoms with Crippen molar-refractivity contribution in [2.75, 3.05) is 13.2 Å². The van der Waals surface area contributed by atoms with Gasteiger partial charge in [0.15, 0.2) is 0 Å². The number of carbonyl (C=O) groups excluding carboxylic acids is 2. The van der Waals surface area contributed by atoms with Crippen molar-refractivity contribution in [3.05, 3.63) is 12.2 Å². The van der Waals surface area contributed by atoms with Crippen molar-refractivity contribution >= 4 is 12.1 Å². The molecule has 0 unspecified atom stereocenters. The molecule has 0 bridgehead atoms. The molecule has 1 amide bonds. The van der Waals surface area contributed by atoms with E-state index < -0.39 is 5.97 Å². The average Bonchev–Trinajstić information content (AvgIpc) is 2.38. The number of alkyl carbamates (subject to hydrolysis) is 1. The number of hydrogen-bond acceptors (Lipinski definition) is 4. The normalized spacial score (nSPS) is 17.1. The average molecular weight is 283 g/mol. The lowest BCUT2D eigenvalue weighted by molar-refractivity contribution is -0.138. The van der Waals surface area contributed by atoms with E-state index in [0.717, 1.165) is 25.7 Å². The zero-order valence-electron chi connectivity index (χ0n) is 12.5. The van der Waals surface area contributed by atoms with E-state index in [9.17, 15) is 9.59 Å². The van der Waals surface area contributed by atoms with Crippen LogP contribution in [0.1, 0.15) is 52.4 Å². The lowest BCUT2D eigenvalue weighted by Gasteiger charge is -2.33. The smallest absolute Gasteiger partial charge is 0.407 e. The van der Waals surface area contributed by atoms with Gasteiger partial charge in [-0.25, -0.2) is 9.59 Å². The van der Waals surface area contributed by atoms with Crippen LogP contribution in [0.15, 0.2) is 12.2 Å². The van der Waals surface area contributed by atoms with E-state index in [4.69, 9.17) is 9.47 Å². The van der Waals surface area contributed by atoms with Crippen molar-refractivity contribution < 1.29 is 19.1 Å². The van der Waals surface area contributed by atoms with E-state index in [-0.39, 0.29) is 18.3 Å². The van der Waals surface area contributed by atoms with Crippen molar-refractivity contribution in [1.82, 2.24) is 5.32 Å². The van der Waals surface area contributed by atoms with Gasteiger partial charge in [0.05, 0.1) is 6.61 Å². The Morgan fingerprint density at radius 2 is 1.90 bits per heavy atom. The van der Waals surface area contributed by atoms with E-state index in [1.165, 1.54) is 6.42 Å². The van der Waals surface area contributed by atoms with E-state index in [1.807, 2.05) is 6.92 Å². The summed E-state index contributed by atoms with van der Waals surface area (Å²) in [5.41, 5.74) is 0.0527. The van der Waals surface area contributed by atoms with E-state index in [0.29, 0.717) is 18.5 Å². The van der Waals surface area contributed by atoms with E-state index in [2.05, 4.69) is 11.9 Å². The largest absolute Gasteiger partial charge is 0.462 e. The van der Waals surface area contributed by atoms with Gasteiger partial charge < -0.3 is 14.8 Å². The van der Waals surface area contributed by atoms with Crippen LogP contribution < -0.4 is 5.32 Å². The molecule has 0 atom stereocenters. The van der Waals surface area contributed by atoms with Gasteiger partial charge in [-0.1, -0.05) is 13.0 Å².